The molecule has 4 fully saturated rings. The molecule has 13 nitrogen and oxygen atoms in total. The minimum Gasteiger partial charge on any atom is -0.461 e. The number of carbonyl (C=O) groups is 6. The largest absolute Gasteiger partial charge is 0.461 e. The molecule has 0 spiro atoms. The molecule has 2 aliphatic carbocycles. The first-order valence-electron chi connectivity index (χ1n) is 28.0. The van der Waals surface area contributed by atoms with Gasteiger partial charge in [0.2, 0.25) is 29.5 Å². The van der Waals surface area contributed by atoms with Gasteiger partial charge in [0, 0.05) is 18.3 Å². The molecule has 7 rings (SSSR count). The van der Waals surface area contributed by atoms with E-state index in [9.17, 15) is 14.4 Å². The van der Waals surface area contributed by atoms with Crippen molar-refractivity contribution in [2.75, 3.05) is 12.3 Å². The van der Waals surface area contributed by atoms with E-state index in [2.05, 4.69) is 52.3 Å². The molecule has 3 aromatic rings. The molecular weight excluding hydrogens is 949 g/mol. The van der Waals surface area contributed by atoms with E-state index in [4.69, 9.17) is 10.5 Å². The Morgan fingerprint density at radius 1 is 0.662 bits per heavy atom. The highest BCUT2D eigenvalue weighted by Gasteiger charge is 2.51. The van der Waals surface area contributed by atoms with Crippen molar-refractivity contribution in [3.8, 4) is 0 Å². The third kappa shape index (κ3) is 13.2. The Kier molecular flexibility index (Phi) is 20.3. The molecule has 0 unspecified atom stereocenters. The fraction of sp³-hybridized carbons (Fsp3) is 0.600. The number of amides is 5. The minimum absolute atomic E-state index is 0.0774. The highest BCUT2D eigenvalue weighted by atomic mass is 32.2. The average Bonchev–Trinajstić information content (AvgIpc) is 4.08. The molecule has 3 aromatic carbocycles. The van der Waals surface area contributed by atoms with Crippen LogP contribution in [-0.2, 0) is 38.3 Å². The van der Waals surface area contributed by atoms with Gasteiger partial charge in [-0.25, -0.2) is 4.79 Å². The number of esters is 1. The van der Waals surface area contributed by atoms with Crippen molar-refractivity contribution in [1.29, 1.82) is 0 Å². The number of nitrogens with zero attached hydrogens (tertiary/aromatic N) is 2. The zero-order valence-corrected chi connectivity index (χ0v) is 45.7. The lowest BCUT2D eigenvalue weighted by atomic mass is 9.84. The van der Waals surface area contributed by atoms with Gasteiger partial charge in [-0.1, -0.05) is 165 Å². The Morgan fingerprint density at radius 3 is 1.78 bits per heavy atom. The van der Waals surface area contributed by atoms with E-state index in [0.717, 1.165) is 74.5 Å². The Morgan fingerprint density at radius 2 is 1.22 bits per heavy atom. The quantitative estimate of drug-likeness (QED) is 0.0566. The minimum atomic E-state index is -1.18. The molecule has 5 amide bonds. The fourth-order valence-corrected chi connectivity index (χ4v) is 13.6. The lowest BCUT2D eigenvalue weighted by Crippen LogP contribution is -2.61. The van der Waals surface area contributed by atoms with Crippen LogP contribution >= 0.6 is 11.8 Å². The smallest absolute Gasteiger partial charge is 0.329 e. The molecule has 0 bridgehead atoms. The predicted octanol–water partition coefficient (Wildman–Crippen LogP) is 8.66. The number of fused-ring (bicyclic) bond motifs is 1. The monoisotopic (exact) mass is 1030 g/mol. The second-order valence-corrected chi connectivity index (χ2v) is 23.4. The van der Waals surface area contributed by atoms with Crippen LogP contribution in [0.4, 0.5) is 0 Å². The average molecular weight is 1030 g/mol. The number of likely N-dealkylation sites (tertiary alicyclic amines) is 2. The summed E-state index contributed by atoms with van der Waals surface area (Å²) in [5.74, 6) is -2.67. The lowest BCUT2D eigenvalue weighted by molar-refractivity contribution is -0.156. The maximum atomic E-state index is 15.2. The number of hydrogen-bond acceptors (Lipinski definition) is 9. The highest BCUT2D eigenvalue weighted by Crippen LogP contribution is 2.49. The number of nitrogens with two attached hydrogens (primary N) is 1. The van der Waals surface area contributed by atoms with E-state index in [0.29, 0.717) is 45.1 Å². The number of benzene rings is 3. The molecule has 5 N–H and O–H groups in total. The van der Waals surface area contributed by atoms with Crippen LogP contribution in [0.2, 0.25) is 0 Å². The molecular formula is C60H84N6O7S. The summed E-state index contributed by atoms with van der Waals surface area (Å²) in [4.78, 5) is 91.6. The van der Waals surface area contributed by atoms with Crippen LogP contribution < -0.4 is 21.7 Å². The Labute approximate surface area is 445 Å². The van der Waals surface area contributed by atoms with Gasteiger partial charge in [-0.05, 0) is 105 Å². The summed E-state index contributed by atoms with van der Waals surface area (Å²) >= 11 is 1.52. The normalized spacial score (nSPS) is 22.6. The standard InChI is InChI=1S/C60H84N6O7S/c1-7-40(5)52(63-55(68)51-37-42-24-21-22-33-49(42)66(51)58(71)50-34-23-35-65(50)57(70)47(61)36-39(3)4)56(69)62-48(54(67)64-53(41(6)8-2)59(72)73-46-31-19-12-20-32-46)38-74-60(43-25-13-9-14-26-43,44-27-15-10-16-28-44)45-29-17-11-18-30-45/h9-11,13-18,25-30,39-42,46-53H,7-8,12,19-24,31-38,61H2,1-6H3,(H,62,69)(H,63,68)(H,64,67)/t40-,41-,42-,47-,48-,49-,50-,51-,52-,53-/m0/s1. The van der Waals surface area contributed by atoms with Crippen molar-refractivity contribution in [2.45, 2.75) is 191 Å². The topological polar surface area (TPSA) is 180 Å². The third-order valence-electron chi connectivity index (χ3n) is 16.5. The van der Waals surface area contributed by atoms with E-state index in [1.54, 1.807) is 9.80 Å². The number of rotatable bonds is 22. The molecule has 402 valence electrons. The molecule has 0 aromatic heterocycles. The van der Waals surface area contributed by atoms with Gasteiger partial charge in [0.05, 0.1) is 10.8 Å². The zero-order valence-electron chi connectivity index (χ0n) is 44.8. The number of ether oxygens (including phenoxy) is 1. The molecule has 0 radical (unpaired) electrons. The summed E-state index contributed by atoms with van der Waals surface area (Å²) in [7, 11) is 0. The second-order valence-electron chi connectivity index (χ2n) is 22.1. The molecule has 2 saturated heterocycles. The zero-order chi connectivity index (χ0) is 52.9. The van der Waals surface area contributed by atoms with Gasteiger partial charge in [0.25, 0.3) is 0 Å². The van der Waals surface area contributed by atoms with E-state index >= 15 is 14.4 Å². The Balaban J connectivity index is 1.20. The third-order valence-corrected chi connectivity index (χ3v) is 18.2. The Bertz CT molecular complexity index is 2240. The maximum absolute atomic E-state index is 15.2. The van der Waals surface area contributed by atoms with Crippen molar-refractivity contribution in [3.63, 3.8) is 0 Å². The molecule has 10 atom stereocenters. The lowest BCUT2D eigenvalue weighted by Gasteiger charge is -2.38. The van der Waals surface area contributed by atoms with E-state index in [1.165, 1.54) is 11.8 Å². The number of nitrogens with one attached hydrogen (secondary N) is 3. The van der Waals surface area contributed by atoms with Crippen LogP contribution in [0.25, 0.3) is 0 Å². The first-order valence-corrected chi connectivity index (χ1v) is 29.0. The predicted molar refractivity (Wildman–Crippen MR) is 292 cm³/mol. The van der Waals surface area contributed by atoms with Gasteiger partial charge in [0.1, 0.15) is 36.3 Å². The van der Waals surface area contributed by atoms with E-state index < -0.39 is 64.7 Å². The number of hydrogen-bond donors (Lipinski definition) is 4. The van der Waals surface area contributed by atoms with E-state index in [-0.39, 0.29) is 53.4 Å². The number of carbonyl (C=O) groups excluding carboxylic acids is 6. The Hall–Kier alpha value is -5.21. The summed E-state index contributed by atoms with van der Waals surface area (Å²) in [6, 6.07) is 24.7. The van der Waals surface area contributed by atoms with E-state index in [1.807, 2.05) is 96.1 Å². The highest BCUT2D eigenvalue weighted by molar-refractivity contribution is 8.00. The SMILES string of the molecule is CC[C@H](C)[C@H](NC(=O)[C@@H]1C[C@@H]2CCCC[C@@H]2N1C(=O)[C@@H]1CCCN1C(=O)[C@@H](N)CC(C)C)C(=O)N[C@@H](CSC(c1ccccc1)(c1ccccc1)c1ccccc1)C(=O)N[C@H](C(=O)OC1CCCCC1)[C@@H](C)CC. The van der Waals surface area contributed by atoms with Crippen molar-refractivity contribution in [1.82, 2.24) is 25.8 Å². The first-order chi connectivity index (χ1) is 35.7. The van der Waals surface area contributed by atoms with Crippen molar-refractivity contribution in [2.24, 2.45) is 29.4 Å². The molecule has 14 heteroatoms. The molecule has 2 saturated carbocycles. The van der Waals surface area contributed by atoms with Gasteiger partial charge in [-0.2, -0.15) is 0 Å². The summed E-state index contributed by atoms with van der Waals surface area (Å²) < 4.78 is 5.24. The van der Waals surface area contributed by atoms with Crippen LogP contribution in [0.1, 0.15) is 155 Å². The van der Waals surface area contributed by atoms with Crippen LogP contribution in [0.3, 0.4) is 0 Å². The number of thioether (sulfide) groups is 1. The van der Waals surface area contributed by atoms with Crippen LogP contribution in [0.15, 0.2) is 91.0 Å². The van der Waals surface area contributed by atoms with Crippen molar-refractivity contribution in [3.05, 3.63) is 108 Å². The fourth-order valence-electron chi connectivity index (χ4n) is 12.0. The van der Waals surface area contributed by atoms with Gasteiger partial charge < -0.3 is 36.2 Å². The first kappa shape index (κ1) is 56.5. The maximum Gasteiger partial charge on any atom is 0.329 e. The van der Waals surface area contributed by atoms with Crippen molar-refractivity contribution >= 4 is 47.3 Å². The summed E-state index contributed by atoms with van der Waals surface area (Å²) in [5, 5.41) is 9.35. The van der Waals surface area contributed by atoms with Crippen LogP contribution in [0, 0.1) is 23.7 Å². The van der Waals surface area contributed by atoms with Crippen molar-refractivity contribution < 1.29 is 33.5 Å². The molecule has 4 aliphatic rings. The van der Waals surface area contributed by atoms with Gasteiger partial charge in [-0.15, -0.1) is 11.8 Å². The summed E-state index contributed by atoms with van der Waals surface area (Å²) in [6.45, 7) is 12.2. The van der Waals surface area contributed by atoms with Crippen LogP contribution in [-0.4, -0.2) is 106 Å². The molecule has 2 aliphatic heterocycles. The molecule has 74 heavy (non-hydrogen) atoms. The van der Waals surface area contributed by atoms with Gasteiger partial charge >= 0.3 is 5.97 Å². The molecule has 2 heterocycles. The van der Waals surface area contributed by atoms with Gasteiger partial charge in [0.15, 0.2) is 0 Å². The van der Waals surface area contributed by atoms with Gasteiger partial charge in [-0.3, -0.25) is 24.0 Å². The summed E-state index contributed by atoms with van der Waals surface area (Å²) in [5.41, 5.74) is 9.35. The second kappa shape index (κ2) is 26.5. The summed E-state index contributed by atoms with van der Waals surface area (Å²) in [6.07, 6.45) is 11.3. The van der Waals surface area contributed by atoms with Crippen LogP contribution in [0.5, 0.6) is 0 Å².